The minimum Gasteiger partial charge on any atom is -0.390 e. The molecule has 0 aliphatic carbocycles. The van der Waals surface area contributed by atoms with E-state index in [2.05, 4.69) is 15.6 Å². The molecule has 2 atom stereocenters. The van der Waals surface area contributed by atoms with Gasteiger partial charge in [0.25, 0.3) is 0 Å². The summed E-state index contributed by atoms with van der Waals surface area (Å²) in [4.78, 5) is 18.0. The number of aromatic nitrogens is 1. The maximum Gasteiger partial charge on any atom is 0.221 e. The first kappa shape index (κ1) is 31.2. The quantitative estimate of drug-likeness (QED) is 0.274. The van der Waals surface area contributed by atoms with Crippen LogP contribution in [0.2, 0.25) is 0 Å². The van der Waals surface area contributed by atoms with Crippen LogP contribution in [0, 0.1) is 11.6 Å². The van der Waals surface area contributed by atoms with Crippen LogP contribution in [0.4, 0.5) is 8.78 Å². The smallest absolute Gasteiger partial charge is 0.221 e. The first-order chi connectivity index (χ1) is 17.6. The van der Waals surface area contributed by atoms with Gasteiger partial charge in [-0.3, -0.25) is 4.79 Å². The SMILES string of the molecule is CCCN(CCC)S(=O)(=O)CCC(=O)NC(Cc1cc(F)cc(F)c1)C(O)CNCc1cnc(CC)s1. The van der Waals surface area contributed by atoms with Gasteiger partial charge in [0, 0.05) is 49.7 Å². The van der Waals surface area contributed by atoms with Crippen LogP contribution in [-0.2, 0) is 34.2 Å². The molecule has 2 rings (SSSR count). The van der Waals surface area contributed by atoms with Gasteiger partial charge in [-0.15, -0.1) is 11.3 Å². The normalized spacial score (nSPS) is 13.6. The van der Waals surface area contributed by atoms with Crippen molar-refractivity contribution in [1.82, 2.24) is 19.9 Å². The van der Waals surface area contributed by atoms with Crippen LogP contribution >= 0.6 is 11.3 Å². The first-order valence-corrected chi connectivity index (χ1v) is 15.0. The molecule has 0 bridgehead atoms. The molecule has 2 aromatic rings. The minimum atomic E-state index is -3.62. The molecule has 8 nitrogen and oxygen atoms in total. The van der Waals surface area contributed by atoms with E-state index in [9.17, 15) is 27.1 Å². The van der Waals surface area contributed by atoms with E-state index in [4.69, 9.17) is 0 Å². The van der Waals surface area contributed by atoms with Crippen molar-refractivity contribution in [1.29, 1.82) is 0 Å². The van der Waals surface area contributed by atoms with E-state index >= 15 is 0 Å². The predicted octanol–water partition coefficient (Wildman–Crippen LogP) is 3.00. The van der Waals surface area contributed by atoms with Crippen LogP contribution in [0.3, 0.4) is 0 Å². The number of thiazole rings is 1. The number of halogens is 2. The fourth-order valence-corrected chi connectivity index (χ4v) is 6.32. The summed E-state index contributed by atoms with van der Waals surface area (Å²) in [7, 11) is -3.62. The number of amides is 1. The number of aliphatic hydroxyl groups excluding tert-OH is 1. The second-order valence-corrected chi connectivity index (χ2v) is 12.2. The number of hydrogen-bond acceptors (Lipinski definition) is 7. The van der Waals surface area contributed by atoms with Crippen LogP contribution in [-0.4, -0.2) is 66.3 Å². The largest absolute Gasteiger partial charge is 0.390 e. The molecule has 1 aromatic heterocycles. The third kappa shape index (κ3) is 10.7. The summed E-state index contributed by atoms with van der Waals surface area (Å²) in [6, 6.07) is 2.14. The number of nitrogens with zero attached hydrogens (tertiary/aromatic N) is 2. The number of aliphatic hydroxyl groups is 1. The highest BCUT2D eigenvalue weighted by Crippen LogP contribution is 2.15. The zero-order valence-electron chi connectivity index (χ0n) is 21.7. The summed E-state index contributed by atoms with van der Waals surface area (Å²) in [6.07, 6.45) is 2.50. The second-order valence-electron chi connectivity index (χ2n) is 8.89. The van der Waals surface area contributed by atoms with Crippen molar-refractivity contribution >= 4 is 27.3 Å². The van der Waals surface area contributed by atoms with Crippen LogP contribution in [0.15, 0.2) is 24.4 Å². The molecule has 0 radical (unpaired) electrons. The molecule has 2 unspecified atom stereocenters. The maximum atomic E-state index is 13.7. The molecule has 0 saturated heterocycles. The van der Waals surface area contributed by atoms with Gasteiger partial charge in [0.05, 0.1) is 22.9 Å². The number of benzene rings is 1. The maximum absolute atomic E-state index is 13.7. The van der Waals surface area contributed by atoms with Crippen molar-refractivity contribution in [3.05, 3.63) is 51.5 Å². The molecule has 0 aliphatic heterocycles. The monoisotopic (exact) mass is 560 g/mol. The first-order valence-electron chi connectivity index (χ1n) is 12.6. The van der Waals surface area contributed by atoms with Crippen molar-refractivity contribution in [3.63, 3.8) is 0 Å². The summed E-state index contributed by atoms with van der Waals surface area (Å²) in [6.45, 7) is 7.12. The molecule has 0 saturated carbocycles. The molecule has 37 heavy (non-hydrogen) atoms. The van der Waals surface area contributed by atoms with E-state index in [-0.39, 0.29) is 30.7 Å². The Morgan fingerprint density at radius 3 is 2.35 bits per heavy atom. The molecule has 0 fully saturated rings. The lowest BCUT2D eigenvalue weighted by molar-refractivity contribution is -0.122. The van der Waals surface area contributed by atoms with E-state index in [0.717, 1.165) is 34.5 Å². The van der Waals surface area contributed by atoms with Crippen molar-refractivity contribution in [2.45, 2.75) is 71.6 Å². The van der Waals surface area contributed by atoms with Crippen molar-refractivity contribution in [2.75, 3.05) is 25.4 Å². The standard InChI is InChI=1S/C25H38F2N4O4S2/c1-4-8-31(9-5-2)37(34,35)10-7-24(33)30-22(13-18-11-19(26)14-20(27)12-18)23(32)17-28-15-21-16-29-25(6-3)36-21/h11-12,14,16,22-23,28,32H,4-10,13,15,17H2,1-3H3,(H,30,33). The zero-order chi connectivity index (χ0) is 27.4. The lowest BCUT2D eigenvalue weighted by Gasteiger charge is -2.25. The van der Waals surface area contributed by atoms with Gasteiger partial charge in [-0.2, -0.15) is 0 Å². The molecular weight excluding hydrogens is 522 g/mol. The van der Waals surface area contributed by atoms with Gasteiger partial charge in [0.1, 0.15) is 11.6 Å². The van der Waals surface area contributed by atoms with Gasteiger partial charge in [-0.1, -0.05) is 20.8 Å². The fourth-order valence-electron chi connectivity index (χ4n) is 3.86. The highest BCUT2D eigenvalue weighted by Gasteiger charge is 2.25. The van der Waals surface area contributed by atoms with E-state index in [1.165, 1.54) is 4.31 Å². The van der Waals surface area contributed by atoms with Crippen molar-refractivity contribution in [3.8, 4) is 0 Å². The lowest BCUT2D eigenvalue weighted by atomic mass is 10.0. The Morgan fingerprint density at radius 2 is 1.78 bits per heavy atom. The Bertz CT molecular complexity index is 1070. The Morgan fingerprint density at radius 1 is 1.14 bits per heavy atom. The number of sulfonamides is 1. The number of carbonyl (C=O) groups excluding carboxylic acids is 1. The lowest BCUT2D eigenvalue weighted by Crippen LogP contribution is -2.49. The van der Waals surface area contributed by atoms with Gasteiger partial charge in [0.15, 0.2) is 0 Å². The number of rotatable bonds is 17. The molecule has 12 heteroatoms. The Labute approximate surface area is 222 Å². The van der Waals surface area contributed by atoms with E-state index < -0.39 is 39.7 Å². The van der Waals surface area contributed by atoms with Gasteiger partial charge >= 0.3 is 0 Å². The van der Waals surface area contributed by atoms with Crippen LogP contribution in [0.25, 0.3) is 0 Å². The highest BCUT2D eigenvalue weighted by atomic mass is 32.2. The van der Waals surface area contributed by atoms with E-state index in [1.807, 2.05) is 20.8 Å². The third-order valence-electron chi connectivity index (χ3n) is 5.67. The number of carbonyl (C=O) groups is 1. The molecular formula is C25H38F2N4O4S2. The average Bonchev–Trinajstić information content (AvgIpc) is 3.29. The molecule has 0 aliphatic rings. The number of hydrogen-bond donors (Lipinski definition) is 3. The second kappa shape index (κ2) is 15.4. The molecule has 3 N–H and O–H groups in total. The average molecular weight is 561 g/mol. The fraction of sp³-hybridized carbons (Fsp3) is 0.600. The highest BCUT2D eigenvalue weighted by molar-refractivity contribution is 7.89. The van der Waals surface area contributed by atoms with Crippen LogP contribution in [0.5, 0.6) is 0 Å². The molecule has 0 spiro atoms. The van der Waals surface area contributed by atoms with Gasteiger partial charge < -0.3 is 15.7 Å². The third-order valence-corrected chi connectivity index (χ3v) is 8.69. The van der Waals surface area contributed by atoms with Crippen LogP contribution in [0.1, 0.15) is 55.5 Å². The summed E-state index contributed by atoms with van der Waals surface area (Å²) in [5.41, 5.74) is 0.265. The number of aryl methyl sites for hydroxylation is 1. The zero-order valence-corrected chi connectivity index (χ0v) is 23.3. The van der Waals surface area contributed by atoms with Gasteiger partial charge in [-0.25, -0.2) is 26.5 Å². The minimum absolute atomic E-state index is 0.0334. The predicted molar refractivity (Wildman–Crippen MR) is 142 cm³/mol. The molecule has 1 heterocycles. The van der Waals surface area contributed by atoms with E-state index in [1.54, 1.807) is 17.5 Å². The van der Waals surface area contributed by atoms with Gasteiger partial charge in [0.2, 0.25) is 15.9 Å². The number of nitrogens with one attached hydrogen (secondary N) is 2. The van der Waals surface area contributed by atoms with Crippen LogP contribution < -0.4 is 10.6 Å². The Kier molecular flexibility index (Phi) is 13.0. The van der Waals surface area contributed by atoms with Crippen molar-refractivity contribution in [2.24, 2.45) is 0 Å². The summed E-state index contributed by atoms with van der Waals surface area (Å²) in [5, 5.41) is 17.6. The summed E-state index contributed by atoms with van der Waals surface area (Å²) >= 11 is 1.56. The Balaban J connectivity index is 2.05. The summed E-state index contributed by atoms with van der Waals surface area (Å²) < 4.78 is 54.3. The summed E-state index contributed by atoms with van der Waals surface area (Å²) in [5.74, 6) is -2.45. The van der Waals surface area contributed by atoms with Crippen molar-refractivity contribution < 1.29 is 27.1 Å². The van der Waals surface area contributed by atoms with E-state index in [0.29, 0.717) is 32.5 Å². The molecule has 208 valence electrons. The topological polar surface area (TPSA) is 112 Å². The molecule has 1 amide bonds. The molecule has 1 aromatic carbocycles. The van der Waals surface area contributed by atoms with Gasteiger partial charge in [-0.05, 0) is 43.4 Å². The Hall–Kier alpha value is -1.99.